The molecule has 3 aromatic carbocycles. The molecule has 0 fully saturated rings. The van der Waals surface area contributed by atoms with Crippen molar-refractivity contribution in [3.05, 3.63) is 88.9 Å². The maximum Gasteiger partial charge on any atom is 0.131 e. The maximum absolute atomic E-state index is 6.03. The fourth-order valence-electron chi connectivity index (χ4n) is 2.92. The van der Waals surface area contributed by atoms with Gasteiger partial charge in [0.15, 0.2) is 0 Å². The molecule has 0 amide bonds. The van der Waals surface area contributed by atoms with E-state index >= 15 is 0 Å². The van der Waals surface area contributed by atoms with Crippen molar-refractivity contribution in [2.75, 3.05) is 13.7 Å². The molecule has 0 bridgehead atoms. The third kappa shape index (κ3) is 5.51. The molecular weight excluding hydrogens is 372 g/mol. The lowest BCUT2D eigenvalue weighted by atomic mass is 9.86. The summed E-state index contributed by atoms with van der Waals surface area (Å²) in [6.45, 7) is 5.37. The van der Waals surface area contributed by atoms with Gasteiger partial charge in [0, 0.05) is 16.5 Å². The molecule has 0 saturated heterocycles. The maximum atomic E-state index is 6.03. The summed E-state index contributed by atoms with van der Waals surface area (Å²) in [6, 6.07) is 23.4. The quantitative estimate of drug-likeness (QED) is 0.427. The smallest absolute Gasteiger partial charge is 0.131 e. The van der Waals surface area contributed by atoms with Gasteiger partial charge in [-0.15, -0.1) is 0 Å². The van der Waals surface area contributed by atoms with Gasteiger partial charge in [-0.25, -0.2) is 0 Å². The molecule has 146 valence electrons. The number of para-hydroxylation sites is 1. The van der Waals surface area contributed by atoms with Crippen LogP contribution in [0, 0.1) is 0 Å². The van der Waals surface area contributed by atoms with Crippen LogP contribution in [0.1, 0.15) is 25.0 Å². The molecule has 3 aromatic rings. The van der Waals surface area contributed by atoms with E-state index < -0.39 is 0 Å². The van der Waals surface area contributed by atoms with E-state index in [4.69, 9.17) is 25.8 Å². The first-order valence-electron chi connectivity index (χ1n) is 9.21. The molecule has 0 atom stereocenters. The van der Waals surface area contributed by atoms with Crippen molar-refractivity contribution in [1.29, 1.82) is 0 Å². The predicted molar refractivity (Wildman–Crippen MR) is 114 cm³/mol. The Bertz CT molecular complexity index is 889. The molecule has 3 nitrogen and oxygen atoms in total. The highest BCUT2D eigenvalue weighted by Crippen LogP contribution is 2.29. The first-order chi connectivity index (χ1) is 13.5. The molecule has 4 heteroatoms. The molecule has 0 radical (unpaired) electrons. The largest absolute Gasteiger partial charge is 0.497 e. The van der Waals surface area contributed by atoms with Gasteiger partial charge in [0.05, 0.1) is 20.3 Å². The Balaban J connectivity index is 1.66. The van der Waals surface area contributed by atoms with Crippen molar-refractivity contribution in [3.8, 4) is 17.2 Å². The van der Waals surface area contributed by atoms with E-state index in [1.54, 1.807) is 7.11 Å². The lowest BCUT2D eigenvalue weighted by molar-refractivity contribution is 0.0823. The van der Waals surface area contributed by atoms with E-state index in [0.29, 0.717) is 13.2 Å². The summed E-state index contributed by atoms with van der Waals surface area (Å²) in [5, 5.41) is 0.739. The van der Waals surface area contributed by atoms with E-state index in [1.165, 1.54) is 5.56 Å². The summed E-state index contributed by atoms with van der Waals surface area (Å²) in [5.41, 5.74) is 2.07. The molecule has 0 heterocycles. The monoisotopic (exact) mass is 396 g/mol. The Morgan fingerprint density at radius 3 is 2.18 bits per heavy atom. The lowest BCUT2D eigenvalue weighted by Crippen LogP contribution is -2.24. The Kier molecular flexibility index (Phi) is 6.61. The summed E-state index contributed by atoms with van der Waals surface area (Å²) in [6.07, 6.45) is 0. The van der Waals surface area contributed by atoms with Gasteiger partial charge in [-0.1, -0.05) is 55.8 Å². The molecule has 0 aliphatic heterocycles. The molecule has 28 heavy (non-hydrogen) atoms. The summed E-state index contributed by atoms with van der Waals surface area (Å²) in [4.78, 5) is 0. The number of hydrogen-bond donors (Lipinski definition) is 0. The highest BCUT2D eigenvalue weighted by Gasteiger charge is 2.21. The molecule has 0 unspecified atom stereocenters. The van der Waals surface area contributed by atoms with Gasteiger partial charge in [-0.3, -0.25) is 0 Å². The standard InChI is InChI=1S/C24H25ClO3/c1-24(2,19-9-11-20(25)12-10-19)17-27-16-18-13-22(26-3)15-23(14-18)28-21-7-5-4-6-8-21/h4-15H,16-17H2,1-3H3. The molecule has 0 saturated carbocycles. The van der Waals surface area contributed by atoms with Crippen molar-refractivity contribution in [1.82, 2.24) is 0 Å². The lowest BCUT2D eigenvalue weighted by Gasteiger charge is -2.25. The summed E-state index contributed by atoms with van der Waals surface area (Å²) in [7, 11) is 1.65. The Morgan fingerprint density at radius 1 is 0.821 bits per heavy atom. The van der Waals surface area contributed by atoms with E-state index in [2.05, 4.69) is 13.8 Å². The molecule has 0 N–H and O–H groups in total. The molecular formula is C24H25ClO3. The Labute approximate surface area is 171 Å². The van der Waals surface area contributed by atoms with Crippen molar-refractivity contribution in [2.45, 2.75) is 25.9 Å². The van der Waals surface area contributed by atoms with Gasteiger partial charge in [-0.05, 0) is 47.5 Å². The van der Waals surface area contributed by atoms with E-state index in [0.717, 1.165) is 27.8 Å². The van der Waals surface area contributed by atoms with Gasteiger partial charge in [0.25, 0.3) is 0 Å². The second-order valence-corrected chi connectivity index (χ2v) is 7.75. The minimum Gasteiger partial charge on any atom is -0.497 e. The Morgan fingerprint density at radius 2 is 1.50 bits per heavy atom. The second kappa shape index (κ2) is 9.13. The zero-order chi connectivity index (χ0) is 20.0. The zero-order valence-electron chi connectivity index (χ0n) is 16.4. The van der Waals surface area contributed by atoms with Gasteiger partial charge >= 0.3 is 0 Å². The van der Waals surface area contributed by atoms with E-state index in [1.807, 2.05) is 72.8 Å². The van der Waals surface area contributed by atoms with Crippen LogP contribution in [0.4, 0.5) is 0 Å². The van der Waals surface area contributed by atoms with Gasteiger partial charge in [-0.2, -0.15) is 0 Å². The van der Waals surface area contributed by atoms with Gasteiger partial charge in [0.2, 0.25) is 0 Å². The zero-order valence-corrected chi connectivity index (χ0v) is 17.2. The van der Waals surface area contributed by atoms with Crippen LogP contribution in [0.3, 0.4) is 0 Å². The van der Waals surface area contributed by atoms with Crippen LogP contribution in [0.5, 0.6) is 17.2 Å². The predicted octanol–water partition coefficient (Wildman–Crippen LogP) is 6.64. The summed E-state index contributed by atoms with van der Waals surface area (Å²) in [5.74, 6) is 2.25. The summed E-state index contributed by atoms with van der Waals surface area (Å²) < 4.78 is 17.4. The molecule has 0 spiro atoms. The van der Waals surface area contributed by atoms with Crippen molar-refractivity contribution in [3.63, 3.8) is 0 Å². The van der Waals surface area contributed by atoms with Crippen LogP contribution in [-0.2, 0) is 16.8 Å². The van der Waals surface area contributed by atoms with Crippen LogP contribution >= 0.6 is 11.6 Å². The van der Waals surface area contributed by atoms with Crippen molar-refractivity contribution in [2.24, 2.45) is 0 Å². The molecule has 0 aliphatic carbocycles. The van der Waals surface area contributed by atoms with Crippen LogP contribution < -0.4 is 9.47 Å². The van der Waals surface area contributed by atoms with Crippen LogP contribution in [0.25, 0.3) is 0 Å². The topological polar surface area (TPSA) is 27.7 Å². The van der Waals surface area contributed by atoms with Crippen molar-refractivity contribution < 1.29 is 14.2 Å². The average Bonchev–Trinajstić information content (AvgIpc) is 2.69. The van der Waals surface area contributed by atoms with Gasteiger partial charge in [0.1, 0.15) is 17.2 Å². The van der Waals surface area contributed by atoms with Crippen LogP contribution in [0.2, 0.25) is 5.02 Å². The van der Waals surface area contributed by atoms with E-state index in [9.17, 15) is 0 Å². The number of hydrogen-bond acceptors (Lipinski definition) is 3. The first-order valence-corrected chi connectivity index (χ1v) is 9.59. The van der Waals surface area contributed by atoms with Crippen LogP contribution in [-0.4, -0.2) is 13.7 Å². The number of methoxy groups -OCH3 is 1. The Hall–Kier alpha value is -2.49. The fourth-order valence-corrected chi connectivity index (χ4v) is 3.05. The molecule has 0 aliphatic rings. The van der Waals surface area contributed by atoms with Gasteiger partial charge < -0.3 is 14.2 Å². The number of rotatable bonds is 8. The minimum atomic E-state index is -0.118. The normalized spacial score (nSPS) is 11.3. The molecule has 0 aromatic heterocycles. The van der Waals surface area contributed by atoms with Crippen molar-refractivity contribution >= 4 is 11.6 Å². The van der Waals surface area contributed by atoms with Crippen LogP contribution in [0.15, 0.2) is 72.8 Å². The first kappa shape index (κ1) is 20.2. The second-order valence-electron chi connectivity index (χ2n) is 7.32. The number of ether oxygens (including phenoxy) is 3. The average molecular weight is 397 g/mol. The highest BCUT2D eigenvalue weighted by molar-refractivity contribution is 6.30. The fraction of sp³-hybridized carbons (Fsp3) is 0.250. The van der Waals surface area contributed by atoms with E-state index in [-0.39, 0.29) is 5.41 Å². The third-order valence-corrected chi connectivity index (χ3v) is 4.76. The minimum absolute atomic E-state index is 0.118. The third-order valence-electron chi connectivity index (χ3n) is 4.51. The molecule has 3 rings (SSSR count). The number of benzene rings is 3. The summed E-state index contributed by atoms with van der Waals surface area (Å²) >= 11 is 5.99. The SMILES string of the molecule is COc1cc(COCC(C)(C)c2ccc(Cl)cc2)cc(Oc2ccccc2)c1. The number of halogens is 1. The highest BCUT2D eigenvalue weighted by atomic mass is 35.5.